The highest BCUT2D eigenvalue weighted by Gasteiger charge is 2.66. The molecule has 2 aromatic carbocycles. The van der Waals surface area contributed by atoms with E-state index in [0.717, 1.165) is 0 Å². The van der Waals surface area contributed by atoms with Crippen LogP contribution in [0.4, 0.5) is 5.82 Å². The van der Waals surface area contributed by atoms with Crippen LogP contribution >= 0.6 is 0 Å². The van der Waals surface area contributed by atoms with Crippen molar-refractivity contribution in [2.24, 2.45) is 11.8 Å². The number of rotatable bonds is 1. The molecule has 4 aliphatic rings. The quantitative estimate of drug-likeness (QED) is 0.618. The topological polar surface area (TPSA) is 50.3 Å². The number of amides is 2. The van der Waals surface area contributed by atoms with Crippen LogP contribution in [0.1, 0.15) is 35.1 Å². The monoisotopic (exact) mass is 366 g/mol. The minimum atomic E-state index is -0.525. The molecule has 3 aromatic rings. The van der Waals surface area contributed by atoms with Gasteiger partial charge in [0.1, 0.15) is 5.82 Å². The molecule has 3 aliphatic carbocycles. The lowest BCUT2D eigenvalue weighted by atomic mass is 9.48. The van der Waals surface area contributed by atoms with Crippen molar-refractivity contribution in [3.8, 4) is 0 Å². The van der Waals surface area contributed by atoms with E-state index in [2.05, 4.69) is 36.2 Å². The Morgan fingerprint density at radius 2 is 1.43 bits per heavy atom. The van der Waals surface area contributed by atoms with E-state index in [-0.39, 0.29) is 23.7 Å². The summed E-state index contributed by atoms with van der Waals surface area (Å²) >= 11 is 0. The number of imide groups is 1. The molecule has 1 saturated heterocycles. The fraction of sp³-hybridized carbons (Fsp3) is 0.208. The highest BCUT2D eigenvalue weighted by atomic mass is 16.2. The molecule has 0 N–H and O–H groups in total. The molecule has 0 spiro atoms. The number of hydrogen-bond donors (Lipinski definition) is 0. The summed E-state index contributed by atoms with van der Waals surface area (Å²) in [7, 11) is 0. The minimum absolute atomic E-state index is 0.0932. The number of carbonyl (C=O) groups is 2. The molecule has 2 heterocycles. The van der Waals surface area contributed by atoms with Gasteiger partial charge in [0.15, 0.2) is 0 Å². The first kappa shape index (κ1) is 15.8. The van der Waals surface area contributed by atoms with Crippen LogP contribution in [-0.4, -0.2) is 16.8 Å². The zero-order valence-corrected chi connectivity index (χ0v) is 15.4. The Morgan fingerprint density at radius 1 is 0.821 bits per heavy atom. The van der Waals surface area contributed by atoms with Crippen molar-refractivity contribution in [2.45, 2.75) is 18.3 Å². The van der Waals surface area contributed by atoms with Crippen molar-refractivity contribution >= 4 is 17.6 Å². The van der Waals surface area contributed by atoms with Crippen molar-refractivity contribution in [3.63, 3.8) is 0 Å². The van der Waals surface area contributed by atoms with Gasteiger partial charge in [0.05, 0.1) is 11.8 Å². The third-order valence-corrected chi connectivity index (χ3v) is 6.92. The highest BCUT2D eigenvalue weighted by Crippen LogP contribution is 2.63. The summed E-state index contributed by atoms with van der Waals surface area (Å²) in [6.07, 6.45) is 1.62. The first-order chi connectivity index (χ1) is 13.6. The van der Waals surface area contributed by atoms with Crippen LogP contribution in [0.15, 0.2) is 72.9 Å². The average molecular weight is 366 g/mol. The number of carbonyl (C=O) groups excluding carboxylic acids is 2. The molecule has 136 valence electrons. The van der Waals surface area contributed by atoms with Gasteiger partial charge < -0.3 is 0 Å². The third kappa shape index (κ3) is 1.65. The molecule has 28 heavy (non-hydrogen) atoms. The number of aromatic nitrogens is 1. The van der Waals surface area contributed by atoms with Crippen LogP contribution in [0.2, 0.25) is 0 Å². The smallest absolute Gasteiger partial charge is 0.240 e. The summed E-state index contributed by atoms with van der Waals surface area (Å²) in [4.78, 5) is 32.8. The molecule has 1 aliphatic heterocycles. The van der Waals surface area contributed by atoms with Crippen molar-refractivity contribution in [1.82, 2.24) is 4.98 Å². The molecule has 4 heteroatoms. The molecule has 2 amide bonds. The zero-order chi connectivity index (χ0) is 19.0. The summed E-state index contributed by atoms with van der Waals surface area (Å²) in [5.41, 5.74) is 4.17. The van der Waals surface area contributed by atoms with Crippen LogP contribution in [0.25, 0.3) is 0 Å². The van der Waals surface area contributed by atoms with Gasteiger partial charge in [0.2, 0.25) is 11.8 Å². The van der Waals surface area contributed by atoms with Crippen molar-refractivity contribution in [3.05, 3.63) is 95.2 Å². The van der Waals surface area contributed by atoms with Gasteiger partial charge in [-0.2, -0.15) is 0 Å². The molecule has 1 unspecified atom stereocenters. The summed E-state index contributed by atoms with van der Waals surface area (Å²) in [5, 5.41) is 0. The lowest BCUT2D eigenvalue weighted by molar-refractivity contribution is -0.123. The number of hydrogen-bond acceptors (Lipinski definition) is 3. The Morgan fingerprint density at radius 3 is 2.04 bits per heavy atom. The number of pyridine rings is 1. The Kier molecular flexibility index (Phi) is 2.91. The predicted octanol–water partition coefficient (Wildman–Crippen LogP) is 3.65. The van der Waals surface area contributed by atoms with Gasteiger partial charge in [-0.3, -0.25) is 9.59 Å². The molecule has 1 fully saturated rings. The van der Waals surface area contributed by atoms with Gasteiger partial charge in [0.25, 0.3) is 0 Å². The van der Waals surface area contributed by atoms with E-state index in [1.54, 1.807) is 18.3 Å². The molecule has 0 radical (unpaired) electrons. The van der Waals surface area contributed by atoms with E-state index in [0.29, 0.717) is 5.82 Å². The Labute approximate surface area is 162 Å². The van der Waals surface area contributed by atoms with E-state index in [4.69, 9.17) is 0 Å². The largest absolute Gasteiger partial charge is 0.274 e. The first-order valence-electron chi connectivity index (χ1n) is 9.61. The second kappa shape index (κ2) is 5.16. The van der Waals surface area contributed by atoms with Gasteiger partial charge in [-0.15, -0.1) is 0 Å². The van der Waals surface area contributed by atoms with Crippen LogP contribution < -0.4 is 4.90 Å². The van der Waals surface area contributed by atoms with Crippen LogP contribution in [0, 0.1) is 11.8 Å². The minimum Gasteiger partial charge on any atom is -0.274 e. The molecule has 0 saturated carbocycles. The van der Waals surface area contributed by atoms with Gasteiger partial charge in [-0.05, 0) is 34.4 Å². The lowest BCUT2D eigenvalue weighted by Gasteiger charge is -2.52. The lowest BCUT2D eigenvalue weighted by Crippen LogP contribution is -2.51. The fourth-order valence-corrected chi connectivity index (χ4v) is 5.86. The number of nitrogens with zero attached hydrogens (tertiary/aromatic N) is 2. The maximum atomic E-state index is 13.6. The van der Waals surface area contributed by atoms with Crippen LogP contribution in [-0.2, 0) is 15.0 Å². The van der Waals surface area contributed by atoms with Crippen LogP contribution in [0.3, 0.4) is 0 Å². The van der Waals surface area contributed by atoms with Crippen molar-refractivity contribution < 1.29 is 9.59 Å². The van der Waals surface area contributed by atoms with E-state index >= 15 is 0 Å². The Hall–Kier alpha value is -3.27. The van der Waals surface area contributed by atoms with Crippen molar-refractivity contribution in [2.75, 3.05) is 4.90 Å². The first-order valence-corrected chi connectivity index (χ1v) is 9.61. The van der Waals surface area contributed by atoms with Crippen molar-refractivity contribution in [1.29, 1.82) is 0 Å². The fourth-order valence-electron chi connectivity index (χ4n) is 5.86. The molecule has 2 atom stereocenters. The summed E-state index contributed by atoms with van der Waals surface area (Å²) < 4.78 is 0. The molecular formula is C24H18N2O2. The summed E-state index contributed by atoms with van der Waals surface area (Å²) in [6.45, 7) is 2.13. The van der Waals surface area contributed by atoms with Crippen LogP contribution in [0.5, 0.6) is 0 Å². The maximum absolute atomic E-state index is 13.6. The zero-order valence-electron chi connectivity index (χ0n) is 15.4. The maximum Gasteiger partial charge on any atom is 0.240 e. The van der Waals surface area contributed by atoms with E-state index < -0.39 is 11.3 Å². The second-order valence-corrected chi connectivity index (χ2v) is 8.06. The van der Waals surface area contributed by atoms with Gasteiger partial charge in [0, 0.05) is 17.5 Å². The molecule has 1 aromatic heterocycles. The van der Waals surface area contributed by atoms with Gasteiger partial charge in [-0.1, -0.05) is 61.5 Å². The van der Waals surface area contributed by atoms with E-state index in [9.17, 15) is 9.59 Å². The standard InChI is InChI=1S/C24H18N2O2/c1-24-16-10-4-2-8-14(16)19(15-9-3-5-11-17(15)24)20-21(24)23(28)26(22(20)27)18-12-6-7-13-25-18/h2-13,19-21H,1H3/t19?,20?,21-,24?/m0/s1. The van der Waals surface area contributed by atoms with E-state index in [1.165, 1.54) is 27.2 Å². The number of anilines is 1. The molecular weight excluding hydrogens is 348 g/mol. The molecule has 4 nitrogen and oxygen atoms in total. The Bertz CT molecular complexity index is 1110. The van der Waals surface area contributed by atoms with E-state index in [1.807, 2.05) is 30.3 Å². The summed E-state index contributed by atoms with van der Waals surface area (Å²) in [5.74, 6) is -0.729. The predicted molar refractivity (Wildman–Crippen MR) is 105 cm³/mol. The Balaban J connectivity index is 1.64. The summed E-state index contributed by atoms with van der Waals surface area (Å²) in [6, 6.07) is 21.9. The van der Waals surface area contributed by atoms with Gasteiger partial charge >= 0.3 is 0 Å². The number of benzene rings is 2. The SMILES string of the molecule is CC12c3ccccc3C(c3ccccc31)C1C(=O)N(c3ccccn3)C(=O)[C@H]12. The molecule has 7 rings (SSSR count). The average Bonchev–Trinajstić information content (AvgIpc) is 3.01. The second-order valence-electron chi connectivity index (χ2n) is 8.06. The molecule has 2 bridgehead atoms. The highest BCUT2D eigenvalue weighted by molar-refractivity contribution is 6.23. The normalized spacial score (nSPS) is 29.5. The van der Waals surface area contributed by atoms with Gasteiger partial charge in [-0.25, -0.2) is 9.88 Å². The third-order valence-electron chi connectivity index (χ3n) is 6.92.